The Hall–Kier alpha value is -1.45. The van der Waals surface area contributed by atoms with Crippen LogP contribution in [0.15, 0.2) is 18.6 Å². The zero-order valence-electron chi connectivity index (χ0n) is 8.73. The van der Waals surface area contributed by atoms with Crippen molar-refractivity contribution in [1.82, 2.24) is 19.6 Å². The summed E-state index contributed by atoms with van der Waals surface area (Å²) in [5, 5.41) is 4.01. The lowest BCUT2D eigenvalue weighted by Gasteiger charge is -2.21. The molecule has 0 aliphatic carbocycles. The minimum Gasteiger partial charge on any atom is -0.216 e. The summed E-state index contributed by atoms with van der Waals surface area (Å²) in [6.07, 6.45) is 4.48. The lowest BCUT2D eigenvalue weighted by atomic mass is 9.86. The Morgan fingerprint density at radius 1 is 1.43 bits per heavy atom. The van der Waals surface area contributed by atoms with Crippen molar-refractivity contribution in [3.05, 3.63) is 24.3 Å². The van der Waals surface area contributed by atoms with Gasteiger partial charge in [-0.05, 0) is 12.5 Å². The molecule has 0 bridgehead atoms. The number of fused-ring (bicyclic) bond motifs is 1. The van der Waals surface area contributed by atoms with Crippen LogP contribution in [-0.2, 0) is 5.41 Å². The quantitative estimate of drug-likeness (QED) is 0.725. The van der Waals surface area contributed by atoms with Gasteiger partial charge in [-0.2, -0.15) is 10.1 Å². The summed E-state index contributed by atoms with van der Waals surface area (Å²) in [6, 6.07) is 2.01. The summed E-state index contributed by atoms with van der Waals surface area (Å²) >= 11 is 0. The van der Waals surface area contributed by atoms with E-state index in [0.29, 0.717) is 5.78 Å². The first kappa shape index (κ1) is 9.12. The van der Waals surface area contributed by atoms with Crippen molar-refractivity contribution in [2.45, 2.75) is 32.6 Å². The van der Waals surface area contributed by atoms with Crippen LogP contribution in [0, 0.1) is 0 Å². The fraction of sp³-hybridized carbons (Fsp3) is 0.500. The molecule has 0 radical (unpaired) electrons. The standard InChI is InChI=1S/C10H14N4/c1-4-10(2,3)8-5-6-14-9(13-8)11-7-12-14/h5-7H,4H2,1-3H3. The predicted molar refractivity (Wildman–Crippen MR) is 54.1 cm³/mol. The maximum Gasteiger partial charge on any atom is 0.252 e. The van der Waals surface area contributed by atoms with Gasteiger partial charge in [-0.25, -0.2) is 9.50 Å². The molecule has 0 amide bonds. The third kappa shape index (κ3) is 1.36. The van der Waals surface area contributed by atoms with Crippen LogP contribution >= 0.6 is 0 Å². The van der Waals surface area contributed by atoms with Gasteiger partial charge < -0.3 is 0 Å². The van der Waals surface area contributed by atoms with Crippen molar-refractivity contribution in [2.75, 3.05) is 0 Å². The topological polar surface area (TPSA) is 43.1 Å². The Kier molecular flexibility index (Phi) is 1.98. The van der Waals surface area contributed by atoms with Gasteiger partial charge in [-0.1, -0.05) is 20.8 Å². The first-order chi connectivity index (χ1) is 6.63. The van der Waals surface area contributed by atoms with Gasteiger partial charge in [0.05, 0.1) is 5.69 Å². The molecule has 0 N–H and O–H groups in total. The van der Waals surface area contributed by atoms with Gasteiger partial charge in [0.25, 0.3) is 5.78 Å². The Morgan fingerprint density at radius 3 is 2.93 bits per heavy atom. The molecule has 2 heterocycles. The summed E-state index contributed by atoms with van der Waals surface area (Å²) < 4.78 is 1.68. The molecule has 2 aromatic rings. The van der Waals surface area contributed by atoms with Crippen LogP contribution in [0.3, 0.4) is 0 Å². The largest absolute Gasteiger partial charge is 0.252 e. The highest BCUT2D eigenvalue weighted by Crippen LogP contribution is 2.24. The monoisotopic (exact) mass is 190 g/mol. The van der Waals surface area contributed by atoms with Crippen molar-refractivity contribution in [3.8, 4) is 0 Å². The van der Waals surface area contributed by atoms with E-state index in [9.17, 15) is 0 Å². The number of hydrogen-bond donors (Lipinski definition) is 0. The molecule has 0 aliphatic heterocycles. The average Bonchev–Trinajstić information content (AvgIpc) is 2.64. The van der Waals surface area contributed by atoms with E-state index in [-0.39, 0.29) is 5.41 Å². The Bertz CT molecular complexity index is 444. The molecule has 0 saturated heterocycles. The third-order valence-electron chi connectivity index (χ3n) is 2.73. The Labute approximate surface area is 83.0 Å². The molecular formula is C10H14N4. The van der Waals surface area contributed by atoms with Gasteiger partial charge in [0, 0.05) is 11.6 Å². The Morgan fingerprint density at radius 2 is 2.21 bits per heavy atom. The molecule has 4 heteroatoms. The van der Waals surface area contributed by atoms with E-state index in [1.54, 1.807) is 4.52 Å². The third-order valence-corrected chi connectivity index (χ3v) is 2.73. The molecule has 74 valence electrons. The van der Waals surface area contributed by atoms with Crippen molar-refractivity contribution in [2.24, 2.45) is 0 Å². The van der Waals surface area contributed by atoms with Crippen LogP contribution in [0.4, 0.5) is 0 Å². The smallest absolute Gasteiger partial charge is 0.216 e. The van der Waals surface area contributed by atoms with Crippen molar-refractivity contribution in [1.29, 1.82) is 0 Å². The van der Waals surface area contributed by atoms with Crippen molar-refractivity contribution < 1.29 is 0 Å². The highest BCUT2D eigenvalue weighted by molar-refractivity contribution is 5.28. The van der Waals surface area contributed by atoms with E-state index < -0.39 is 0 Å². The summed E-state index contributed by atoms with van der Waals surface area (Å²) in [6.45, 7) is 6.53. The highest BCUT2D eigenvalue weighted by atomic mass is 15.3. The Balaban J connectivity index is 2.53. The van der Waals surface area contributed by atoms with E-state index in [2.05, 4.69) is 35.8 Å². The number of aromatic nitrogens is 4. The maximum absolute atomic E-state index is 4.47. The molecule has 2 rings (SSSR count). The summed E-state index contributed by atoms with van der Waals surface area (Å²) in [5.41, 5.74) is 1.17. The van der Waals surface area contributed by atoms with Gasteiger partial charge in [-0.15, -0.1) is 0 Å². The minimum atomic E-state index is 0.105. The van der Waals surface area contributed by atoms with Gasteiger partial charge in [-0.3, -0.25) is 0 Å². The van der Waals surface area contributed by atoms with Gasteiger partial charge in [0.2, 0.25) is 0 Å². The van der Waals surface area contributed by atoms with Crippen LogP contribution < -0.4 is 0 Å². The number of rotatable bonds is 2. The first-order valence-corrected chi connectivity index (χ1v) is 4.80. The summed E-state index contributed by atoms with van der Waals surface area (Å²) in [4.78, 5) is 8.53. The zero-order chi connectivity index (χ0) is 10.2. The maximum atomic E-state index is 4.47. The van der Waals surface area contributed by atoms with E-state index in [1.807, 2.05) is 12.3 Å². The second-order valence-corrected chi connectivity index (χ2v) is 4.05. The normalized spacial score (nSPS) is 12.2. The van der Waals surface area contributed by atoms with Gasteiger partial charge in [0.15, 0.2) is 0 Å². The van der Waals surface area contributed by atoms with E-state index >= 15 is 0 Å². The molecule has 14 heavy (non-hydrogen) atoms. The van der Waals surface area contributed by atoms with E-state index in [4.69, 9.17) is 0 Å². The summed E-state index contributed by atoms with van der Waals surface area (Å²) in [7, 11) is 0. The second-order valence-electron chi connectivity index (χ2n) is 4.05. The van der Waals surface area contributed by atoms with Crippen LogP contribution in [0.5, 0.6) is 0 Å². The lowest BCUT2D eigenvalue weighted by Crippen LogP contribution is -2.18. The van der Waals surface area contributed by atoms with Crippen LogP contribution in [0.1, 0.15) is 32.9 Å². The number of hydrogen-bond acceptors (Lipinski definition) is 3. The van der Waals surface area contributed by atoms with E-state index in [0.717, 1.165) is 12.1 Å². The van der Waals surface area contributed by atoms with Crippen LogP contribution in [0.2, 0.25) is 0 Å². The van der Waals surface area contributed by atoms with E-state index in [1.165, 1.54) is 6.33 Å². The predicted octanol–water partition coefficient (Wildman–Crippen LogP) is 1.81. The van der Waals surface area contributed by atoms with Crippen molar-refractivity contribution >= 4 is 5.78 Å². The van der Waals surface area contributed by atoms with Crippen molar-refractivity contribution in [3.63, 3.8) is 0 Å². The average molecular weight is 190 g/mol. The molecule has 2 aromatic heterocycles. The fourth-order valence-corrected chi connectivity index (χ4v) is 1.27. The fourth-order valence-electron chi connectivity index (χ4n) is 1.27. The summed E-state index contributed by atoms with van der Waals surface area (Å²) in [5.74, 6) is 0.670. The van der Waals surface area contributed by atoms with Crippen LogP contribution in [-0.4, -0.2) is 19.6 Å². The SMILES string of the molecule is CCC(C)(C)c1ccn2ncnc2n1. The first-order valence-electron chi connectivity index (χ1n) is 4.80. The lowest BCUT2D eigenvalue weighted by molar-refractivity contribution is 0.490. The molecule has 0 aliphatic rings. The molecule has 0 atom stereocenters. The van der Waals surface area contributed by atoms with Crippen LogP contribution in [0.25, 0.3) is 5.78 Å². The van der Waals surface area contributed by atoms with Gasteiger partial charge in [0.1, 0.15) is 6.33 Å². The molecular weight excluding hydrogens is 176 g/mol. The molecule has 4 nitrogen and oxygen atoms in total. The minimum absolute atomic E-state index is 0.105. The zero-order valence-corrected chi connectivity index (χ0v) is 8.73. The molecule has 0 aromatic carbocycles. The number of nitrogens with zero attached hydrogens (tertiary/aromatic N) is 4. The van der Waals surface area contributed by atoms with Gasteiger partial charge >= 0.3 is 0 Å². The molecule has 0 unspecified atom stereocenters. The second kappa shape index (κ2) is 3.04. The highest BCUT2D eigenvalue weighted by Gasteiger charge is 2.20. The molecule has 0 saturated carbocycles. The molecule has 0 spiro atoms. The molecule has 0 fully saturated rings.